The van der Waals surface area contributed by atoms with Crippen molar-refractivity contribution in [1.29, 1.82) is 0 Å². The molecular formula is C14H19NO5S. The molecule has 0 saturated carbocycles. The molecule has 1 aliphatic rings. The topological polar surface area (TPSA) is 92.7 Å². The Labute approximate surface area is 124 Å². The largest absolute Gasteiger partial charge is 0.480 e. The number of aliphatic carboxylic acids is 1. The van der Waals surface area contributed by atoms with E-state index in [1.165, 1.54) is 12.1 Å². The average molecular weight is 313 g/mol. The Bertz CT molecular complexity index is 627. The summed E-state index contributed by atoms with van der Waals surface area (Å²) in [5, 5.41) is 9.43. The maximum absolute atomic E-state index is 12.5. The number of carbonyl (C=O) groups is 1. The molecule has 1 heterocycles. The Balaban J connectivity index is 2.37. The lowest BCUT2D eigenvalue weighted by molar-refractivity contribution is -0.147. The van der Waals surface area contributed by atoms with Gasteiger partial charge in [0.1, 0.15) is 5.54 Å². The molecule has 2 rings (SSSR count). The van der Waals surface area contributed by atoms with Gasteiger partial charge in [0.05, 0.1) is 4.90 Å². The summed E-state index contributed by atoms with van der Waals surface area (Å²) in [4.78, 5) is 11.6. The zero-order valence-electron chi connectivity index (χ0n) is 12.0. The van der Waals surface area contributed by atoms with Crippen LogP contribution in [0.15, 0.2) is 23.1 Å². The number of carboxylic acids is 1. The van der Waals surface area contributed by atoms with Crippen LogP contribution in [-0.2, 0) is 19.6 Å². The maximum Gasteiger partial charge on any atom is 0.325 e. The van der Waals surface area contributed by atoms with Crippen molar-refractivity contribution in [2.75, 3.05) is 13.2 Å². The summed E-state index contributed by atoms with van der Waals surface area (Å²) >= 11 is 0. The number of benzene rings is 1. The Morgan fingerprint density at radius 3 is 2.19 bits per heavy atom. The third-order valence-electron chi connectivity index (χ3n) is 3.59. The Kier molecular flexibility index (Phi) is 4.36. The third kappa shape index (κ3) is 3.42. The molecule has 7 heteroatoms. The van der Waals surface area contributed by atoms with Crippen molar-refractivity contribution in [1.82, 2.24) is 4.72 Å². The van der Waals surface area contributed by atoms with Gasteiger partial charge in [0.15, 0.2) is 0 Å². The lowest BCUT2D eigenvalue weighted by Crippen LogP contribution is -2.57. The van der Waals surface area contributed by atoms with Gasteiger partial charge >= 0.3 is 5.97 Å². The Hall–Kier alpha value is -1.44. The Morgan fingerprint density at radius 1 is 1.19 bits per heavy atom. The highest BCUT2D eigenvalue weighted by molar-refractivity contribution is 7.89. The van der Waals surface area contributed by atoms with E-state index < -0.39 is 21.5 Å². The van der Waals surface area contributed by atoms with E-state index in [2.05, 4.69) is 4.72 Å². The average Bonchev–Trinajstić information content (AvgIpc) is 2.38. The molecular weight excluding hydrogens is 294 g/mol. The molecule has 0 aromatic heterocycles. The molecule has 0 amide bonds. The van der Waals surface area contributed by atoms with E-state index >= 15 is 0 Å². The third-order valence-corrected chi connectivity index (χ3v) is 5.11. The summed E-state index contributed by atoms with van der Waals surface area (Å²) in [6, 6.07) is 4.93. The van der Waals surface area contributed by atoms with Gasteiger partial charge in [0.25, 0.3) is 0 Å². The molecule has 0 unspecified atom stereocenters. The molecule has 2 N–H and O–H groups in total. The highest BCUT2D eigenvalue weighted by Crippen LogP contribution is 2.25. The van der Waals surface area contributed by atoms with Crippen LogP contribution in [0.3, 0.4) is 0 Å². The van der Waals surface area contributed by atoms with Gasteiger partial charge in [-0.15, -0.1) is 0 Å². The van der Waals surface area contributed by atoms with Crippen LogP contribution in [-0.4, -0.2) is 38.2 Å². The van der Waals surface area contributed by atoms with Gasteiger partial charge in [-0.1, -0.05) is 6.07 Å². The quantitative estimate of drug-likeness (QED) is 0.872. The summed E-state index contributed by atoms with van der Waals surface area (Å²) in [5.74, 6) is -1.17. The van der Waals surface area contributed by atoms with Gasteiger partial charge in [0.2, 0.25) is 10.0 Å². The number of aryl methyl sites for hydroxylation is 2. The number of sulfonamides is 1. The van der Waals surface area contributed by atoms with Gasteiger partial charge in [-0.3, -0.25) is 4.79 Å². The van der Waals surface area contributed by atoms with E-state index in [1.54, 1.807) is 13.8 Å². The van der Waals surface area contributed by atoms with E-state index in [4.69, 9.17) is 4.74 Å². The first-order valence-electron chi connectivity index (χ1n) is 6.69. The first kappa shape index (κ1) is 15.9. The number of hydrogen-bond acceptors (Lipinski definition) is 4. The zero-order valence-corrected chi connectivity index (χ0v) is 12.9. The molecule has 0 bridgehead atoms. The summed E-state index contributed by atoms with van der Waals surface area (Å²) in [6.07, 6.45) is 0.235. The smallest absolute Gasteiger partial charge is 0.325 e. The van der Waals surface area contributed by atoms with Crippen LogP contribution in [0.2, 0.25) is 0 Å². The molecule has 0 atom stereocenters. The number of ether oxygens (including phenoxy) is 1. The van der Waals surface area contributed by atoms with Gasteiger partial charge < -0.3 is 9.84 Å². The first-order chi connectivity index (χ1) is 9.75. The van der Waals surface area contributed by atoms with Crippen LogP contribution in [0.25, 0.3) is 0 Å². The highest BCUT2D eigenvalue weighted by Gasteiger charge is 2.43. The van der Waals surface area contributed by atoms with Gasteiger partial charge in [0, 0.05) is 26.1 Å². The molecule has 1 aromatic rings. The fourth-order valence-electron chi connectivity index (χ4n) is 2.48. The number of hydrogen-bond donors (Lipinski definition) is 2. The molecule has 0 aliphatic carbocycles. The normalized spacial score (nSPS) is 18.4. The van der Waals surface area contributed by atoms with Crippen molar-refractivity contribution in [2.45, 2.75) is 37.1 Å². The second-order valence-corrected chi connectivity index (χ2v) is 7.11. The van der Waals surface area contributed by atoms with Crippen molar-refractivity contribution in [3.05, 3.63) is 29.3 Å². The summed E-state index contributed by atoms with van der Waals surface area (Å²) in [5.41, 5.74) is 0.132. The van der Waals surface area contributed by atoms with Crippen LogP contribution in [0, 0.1) is 13.8 Å². The van der Waals surface area contributed by atoms with Crippen LogP contribution in [0.4, 0.5) is 0 Å². The van der Waals surface area contributed by atoms with E-state index in [-0.39, 0.29) is 31.0 Å². The molecule has 0 radical (unpaired) electrons. The van der Waals surface area contributed by atoms with Crippen LogP contribution >= 0.6 is 0 Å². The summed E-state index contributed by atoms with van der Waals surface area (Å²) in [7, 11) is -3.89. The second-order valence-electron chi connectivity index (χ2n) is 5.43. The van der Waals surface area contributed by atoms with Crippen LogP contribution < -0.4 is 4.72 Å². The minimum atomic E-state index is -3.89. The van der Waals surface area contributed by atoms with Crippen molar-refractivity contribution < 1.29 is 23.1 Å². The molecule has 21 heavy (non-hydrogen) atoms. The van der Waals surface area contributed by atoms with Crippen molar-refractivity contribution >= 4 is 16.0 Å². The minimum Gasteiger partial charge on any atom is -0.480 e. The van der Waals surface area contributed by atoms with Gasteiger partial charge in [-0.05, 0) is 37.1 Å². The number of nitrogens with one attached hydrogen (secondary N) is 1. The SMILES string of the molecule is Cc1cc(C)cc(S(=O)(=O)NC2(C(=O)O)CCOCC2)c1. The first-order valence-corrected chi connectivity index (χ1v) is 8.17. The summed E-state index contributed by atoms with van der Waals surface area (Å²) < 4.78 is 32.5. The number of carboxylic acid groups (broad SMARTS) is 1. The monoisotopic (exact) mass is 313 g/mol. The maximum atomic E-state index is 12.5. The number of rotatable bonds is 4. The predicted octanol–water partition coefficient (Wildman–Crippen LogP) is 1.22. The van der Waals surface area contributed by atoms with E-state index in [9.17, 15) is 18.3 Å². The van der Waals surface area contributed by atoms with Gasteiger partial charge in [-0.25, -0.2) is 8.42 Å². The fourth-order valence-corrected chi connectivity index (χ4v) is 4.09. The van der Waals surface area contributed by atoms with Crippen molar-refractivity contribution in [3.8, 4) is 0 Å². The summed E-state index contributed by atoms with van der Waals surface area (Å²) in [6.45, 7) is 4.05. The van der Waals surface area contributed by atoms with Crippen molar-refractivity contribution in [3.63, 3.8) is 0 Å². The molecule has 0 spiro atoms. The lowest BCUT2D eigenvalue weighted by atomic mass is 9.92. The van der Waals surface area contributed by atoms with E-state index in [0.29, 0.717) is 0 Å². The van der Waals surface area contributed by atoms with Crippen LogP contribution in [0.1, 0.15) is 24.0 Å². The molecule has 116 valence electrons. The molecule has 1 aromatic carbocycles. The molecule has 1 aliphatic heterocycles. The van der Waals surface area contributed by atoms with Crippen molar-refractivity contribution in [2.24, 2.45) is 0 Å². The molecule has 1 fully saturated rings. The minimum absolute atomic E-state index is 0.0899. The Morgan fingerprint density at radius 2 is 1.71 bits per heavy atom. The van der Waals surface area contributed by atoms with Gasteiger partial charge in [-0.2, -0.15) is 4.72 Å². The van der Waals surface area contributed by atoms with E-state index in [0.717, 1.165) is 11.1 Å². The zero-order chi connectivity index (χ0) is 15.7. The lowest BCUT2D eigenvalue weighted by Gasteiger charge is -2.33. The molecule has 6 nitrogen and oxygen atoms in total. The van der Waals surface area contributed by atoms with Crippen LogP contribution in [0.5, 0.6) is 0 Å². The second kappa shape index (κ2) is 5.75. The predicted molar refractivity (Wildman–Crippen MR) is 76.7 cm³/mol. The highest BCUT2D eigenvalue weighted by atomic mass is 32.2. The molecule has 1 saturated heterocycles. The fraction of sp³-hybridized carbons (Fsp3) is 0.500. The standard InChI is InChI=1S/C14H19NO5S/c1-10-7-11(2)9-12(8-10)21(18,19)15-14(13(16)17)3-5-20-6-4-14/h7-9,15H,3-6H2,1-2H3,(H,16,17). The van der Waals surface area contributed by atoms with E-state index in [1.807, 2.05) is 6.07 Å².